The lowest BCUT2D eigenvalue weighted by Crippen LogP contribution is -2.12. The van der Waals surface area contributed by atoms with Gasteiger partial charge in [-0.05, 0) is 11.8 Å². The van der Waals surface area contributed by atoms with Crippen molar-refractivity contribution in [3.8, 4) is 5.75 Å². The number of alkyl halides is 3. The Morgan fingerprint density at radius 1 is 1.47 bits per heavy atom. The van der Waals surface area contributed by atoms with Crippen molar-refractivity contribution in [1.82, 2.24) is 0 Å². The highest BCUT2D eigenvalue weighted by Gasteiger charge is 2.27. The second kappa shape index (κ2) is 5.97. The number of thioether (sulfide) groups is 1. The van der Waals surface area contributed by atoms with E-state index in [2.05, 4.69) is 0 Å². The molecule has 0 spiro atoms. The van der Waals surface area contributed by atoms with E-state index in [1.54, 1.807) is 0 Å². The normalized spacial score (nSPS) is 11.5. The van der Waals surface area contributed by atoms with Crippen molar-refractivity contribution < 1.29 is 27.4 Å². The molecule has 0 saturated heterocycles. The van der Waals surface area contributed by atoms with Crippen LogP contribution in [0.3, 0.4) is 0 Å². The zero-order valence-electron chi connectivity index (χ0n) is 8.49. The fraction of sp³-hybridized carbons (Fsp3) is 0.444. The summed E-state index contributed by atoms with van der Waals surface area (Å²) in [6.45, 7) is -0.688. The maximum atomic E-state index is 11.8. The first-order valence-corrected chi connectivity index (χ1v) is 5.47. The van der Waals surface area contributed by atoms with Gasteiger partial charge in [0.15, 0.2) is 0 Å². The van der Waals surface area contributed by atoms with Crippen LogP contribution < -0.4 is 10.2 Å². The zero-order chi connectivity index (χ0) is 12.9. The van der Waals surface area contributed by atoms with E-state index in [4.69, 9.17) is 14.3 Å². The smallest absolute Gasteiger partial charge is 0.441 e. The summed E-state index contributed by atoms with van der Waals surface area (Å²) >= 11 is -0.231. The van der Waals surface area contributed by atoms with Gasteiger partial charge in [-0.3, -0.25) is 4.79 Å². The lowest BCUT2D eigenvalue weighted by molar-refractivity contribution is -0.0329. The molecule has 0 aliphatic rings. The maximum Gasteiger partial charge on any atom is 0.441 e. The molecule has 17 heavy (non-hydrogen) atoms. The van der Waals surface area contributed by atoms with Gasteiger partial charge < -0.3 is 14.3 Å². The van der Waals surface area contributed by atoms with Crippen molar-refractivity contribution in [3.63, 3.8) is 0 Å². The second-order valence-electron chi connectivity index (χ2n) is 2.88. The highest BCUT2D eigenvalue weighted by atomic mass is 32.2. The SMILES string of the molecule is O=c1cc(CO)occ1OCCSC(F)(F)F. The number of aliphatic hydroxyl groups excluding tert-OH is 1. The van der Waals surface area contributed by atoms with Crippen LogP contribution in [0, 0.1) is 0 Å². The van der Waals surface area contributed by atoms with Gasteiger partial charge in [-0.15, -0.1) is 0 Å². The number of halogens is 3. The van der Waals surface area contributed by atoms with E-state index in [9.17, 15) is 18.0 Å². The molecule has 0 aliphatic heterocycles. The molecule has 0 amide bonds. The second-order valence-corrected chi connectivity index (χ2v) is 4.04. The summed E-state index contributed by atoms with van der Waals surface area (Å²) < 4.78 is 44.9. The van der Waals surface area contributed by atoms with Crippen LogP contribution in [0.25, 0.3) is 0 Å². The molecule has 1 N–H and O–H groups in total. The summed E-state index contributed by atoms with van der Waals surface area (Å²) in [5, 5.41) is 8.65. The summed E-state index contributed by atoms with van der Waals surface area (Å²) in [6.07, 6.45) is 0.964. The Morgan fingerprint density at radius 2 is 2.18 bits per heavy atom. The standard InChI is InChI=1S/C9H9F3O4S/c10-9(11,12)17-2-1-15-8-5-16-6(4-13)3-7(8)14/h3,5,13H,1-2,4H2. The molecule has 0 aliphatic carbocycles. The third kappa shape index (κ3) is 5.14. The minimum Gasteiger partial charge on any atom is -0.486 e. The van der Waals surface area contributed by atoms with Crippen molar-refractivity contribution in [2.24, 2.45) is 0 Å². The summed E-state index contributed by atoms with van der Waals surface area (Å²) in [7, 11) is 0. The maximum absolute atomic E-state index is 11.8. The third-order valence-electron chi connectivity index (χ3n) is 1.61. The average molecular weight is 270 g/mol. The highest BCUT2D eigenvalue weighted by Crippen LogP contribution is 2.29. The summed E-state index contributed by atoms with van der Waals surface area (Å²) in [5.74, 6) is -0.429. The van der Waals surface area contributed by atoms with Crippen LogP contribution in [-0.4, -0.2) is 23.0 Å². The van der Waals surface area contributed by atoms with Crippen LogP contribution in [0.15, 0.2) is 21.5 Å². The van der Waals surface area contributed by atoms with E-state index in [1.165, 1.54) is 0 Å². The molecule has 0 saturated carbocycles. The Morgan fingerprint density at radius 3 is 2.71 bits per heavy atom. The number of hydrogen-bond donors (Lipinski definition) is 1. The Balaban J connectivity index is 2.45. The molecule has 0 atom stereocenters. The summed E-state index contributed by atoms with van der Waals surface area (Å²) in [4.78, 5) is 11.3. The molecule has 8 heteroatoms. The Kier molecular flexibility index (Phi) is 4.88. The van der Waals surface area contributed by atoms with Gasteiger partial charge in [0.1, 0.15) is 18.6 Å². The summed E-state index contributed by atoms with van der Waals surface area (Å²) in [5.41, 5.74) is -4.85. The fourth-order valence-electron chi connectivity index (χ4n) is 0.936. The molecule has 1 rings (SSSR count). The Hall–Kier alpha value is -1.15. The first kappa shape index (κ1) is 13.9. The quantitative estimate of drug-likeness (QED) is 0.826. The topological polar surface area (TPSA) is 59.7 Å². The minimum absolute atomic E-state index is 0.0621. The van der Waals surface area contributed by atoms with Crippen molar-refractivity contribution in [2.45, 2.75) is 12.1 Å². The lowest BCUT2D eigenvalue weighted by Gasteiger charge is -2.07. The Bertz CT molecular complexity index is 415. The molecule has 0 aromatic carbocycles. The highest BCUT2D eigenvalue weighted by molar-refractivity contribution is 8.00. The monoisotopic (exact) mass is 270 g/mol. The third-order valence-corrected chi connectivity index (χ3v) is 2.31. The van der Waals surface area contributed by atoms with Crippen molar-refractivity contribution in [1.29, 1.82) is 0 Å². The van der Waals surface area contributed by atoms with E-state index in [1.807, 2.05) is 0 Å². The molecule has 1 heterocycles. The van der Waals surface area contributed by atoms with Gasteiger partial charge in [-0.1, -0.05) is 0 Å². The largest absolute Gasteiger partial charge is 0.486 e. The average Bonchev–Trinajstić information content (AvgIpc) is 2.24. The molecular weight excluding hydrogens is 261 g/mol. The molecule has 1 aromatic heterocycles. The van der Waals surface area contributed by atoms with E-state index in [0.717, 1.165) is 12.3 Å². The molecule has 0 radical (unpaired) electrons. The van der Waals surface area contributed by atoms with Gasteiger partial charge in [0.2, 0.25) is 11.2 Å². The van der Waals surface area contributed by atoms with Gasteiger partial charge in [0.25, 0.3) is 0 Å². The predicted octanol–water partition coefficient (Wildman–Crippen LogP) is 1.76. The fourth-order valence-corrected chi connectivity index (χ4v) is 1.33. The van der Waals surface area contributed by atoms with Crippen molar-refractivity contribution in [2.75, 3.05) is 12.4 Å². The van der Waals surface area contributed by atoms with Gasteiger partial charge >= 0.3 is 5.51 Å². The van der Waals surface area contributed by atoms with E-state index < -0.39 is 17.5 Å². The number of rotatable bonds is 5. The van der Waals surface area contributed by atoms with E-state index in [0.29, 0.717) is 0 Å². The van der Waals surface area contributed by atoms with Gasteiger partial charge in [-0.25, -0.2) is 0 Å². The van der Waals surface area contributed by atoms with Crippen LogP contribution in [0.1, 0.15) is 5.76 Å². The number of hydrogen-bond acceptors (Lipinski definition) is 5. The molecule has 96 valence electrons. The van der Waals surface area contributed by atoms with Gasteiger partial charge in [-0.2, -0.15) is 13.2 Å². The van der Waals surface area contributed by atoms with Crippen LogP contribution >= 0.6 is 11.8 Å². The van der Waals surface area contributed by atoms with Crippen LogP contribution in [-0.2, 0) is 6.61 Å². The Labute approximate surface area is 98.4 Å². The number of aliphatic hydroxyl groups is 1. The molecule has 0 fully saturated rings. The van der Waals surface area contributed by atoms with Crippen LogP contribution in [0.4, 0.5) is 13.2 Å². The van der Waals surface area contributed by atoms with E-state index in [-0.39, 0.29) is 35.6 Å². The first-order valence-electron chi connectivity index (χ1n) is 4.48. The number of ether oxygens (including phenoxy) is 1. The minimum atomic E-state index is -4.31. The van der Waals surface area contributed by atoms with E-state index >= 15 is 0 Å². The molecule has 1 aromatic rings. The summed E-state index contributed by atoms with van der Waals surface area (Å²) in [6, 6.07) is 1.02. The molecule has 4 nitrogen and oxygen atoms in total. The lowest BCUT2D eigenvalue weighted by atomic mass is 10.4. The molecule has 0 unspecified atom stereocenters. The van der Waals surface area contributed by atoms with Crippen molar-refractivity contribution >= 4 is 11.8 Å². The zero-order valence-corrected chi connectivity index (χ0v) is 9.31. The molecule has 0 bridgehead atoms. The van der Waals surface area contributed by atoms with Gasteiger partial charge in [0.05, 0.1) is 6.61 Å². The van der Waals surface area contributed by atoms with Crippen molar-refractivity contribution in [3.05, 3.63) is 28.3 Å². The van der Waals surface area contributed by atoms with Crippen LogP contribution in [0.2, 0.25) is 0 Å². The van der Waals surface area contributed by atoms with Gasteiger partial charge in [0, 0.05) is 11.8 Å². The molecular formula is C9H9F3O4S. The first-order chi connectivity index (χ1) is 7.92. The predicted molar refractivity (Wildman–Crippen MR) is 54.9 cm³/mol. The van der Waals surface area contributed by atoms with Crippen LogP contribution in [0.5, 0.6) is 5.75 Å².